The first-order valence-corrected chi connectivity index (χ1v) is 9.86. The maximum absolute atomic E-state index is 12.1. The predicted octanol–water partition coefficient (Wildman–Crippen LogP) is 3.06. The third-order valence-electron chi connectivity index (χ3n) is 4.49. The van der Waals surface area contributed by atoms with Crippen LogP contribution in [0.3, 0.4) is 0 Å². The van der Waals surface area contributed by atoms with Gasteiger partial charge >= 0.3 is 0 Å². The summed E-state index contributed by atoms with van der Waals surface area (Å²) in [7, 11) is 0. The van der Waals surface area contributed by atoms with Gasteiger partial charge in [0.2, 0.25) is 5.88 Å². The molecule has 4 rings (SSSR count). The highest BCUT2D eigenvalue weighted by atomic mass is 32.1. The van der Waals surface area contributed by atoms with Gasteiger partial charge in [0.15, 0.2) is 6.61 Å². The zero-order valence-electron chi connectivity index (χ0n) is 15.2. The summed E-state index contributed by atoms with van der Waals surface area (Å²) in [5.41, 5.74) is 2.43. The lowest BCUT2D eigenvalue weighted by molar-refractivity contribution is -0.123. The second-order valence-corrected chi connectivity index (χ2v) is 7.60. The van der Waals surface area contributed by atoms with Crippen molar-refractivity contribution in [1.82, 2.24) is 15.3 Å². The van der Waals surface area contributed by atoms with Gasteiger partial charge in [-0.2, -0.15) is 0 Å². The molecule has 0 aliphatic heterocycles. The van der Waals surface area contributed by atoms with E-state index in [1.54, 1.807) is 11.3 Å². The Morgan fingerprint density at radius 3 is 3.07 bits per heavy atom. The van der Waals surface area contributed by atoms with Gasteiger partial charge in [-0.25, -0.2) is 9.97 Å². The number of amides is 1. The van der Waals surface area contributed by atoms with E-state index >= 15 is 0 Å². The number of hydrogen-bond donors (Lipinski definition) is 1. The number of rotatable bonds is 7. The van der Waals surface area contributed by atoms with E-state index in [-0.39, 0.29) is 12.5 Å². The van der Waals surface area contributed by atoms with Crippen molar-refractivity contribution < 1.29 is 14.3 Å². The van der Waals surface area contributed by atoms with Crippen LogP contribution in [0.4, 0.5) is 0 Å². The highest BCUT2D eigenvalue weighted by molar-refractivity contribution is 7.18. The average molecular weight is 383 g/mol. The second-order valence-electron chi connectivity index (χ2n) is 6.52. The van der Waals surface area contributed by atoms with Crippen molar-refractivity contribution in [3.05, 3.63) is 46.6 Å². The van der Waals surface area contributed by atoms with Crippen molar-refractivity contribution >= 4 is 27.5 Å². The monoisotopic (exact) mass is 383 g/mol. The summed E-state index contributed by atoms with van der Waals surface area (Å²) in [6.07, 6.45) is 4.78. The number of benzene rings is 1. The van der Waals surface area contributed by atoms with Crippen LogP contribution in [-0.4, -0.2) is 35.6 Å². The molecule has 7 heteroatoms. The second kappa shape index (κ2) is 7.92. The van der Waals surface area contributed by atoms with Gasteiger partial charge in [-0.1, -0.05) is 12.1 Å². The van der Waals surface area contributed by atoms with Crippen molar-refractivity contribution in [2.24, 2.45) is 0 Å². The molecule has 0 atom stereocenters. The molecular weight excluding hydrogens is 362 g/mol. The molecule has 0 bridgehead atoms. The van der Waals surface area contributed by atoms with E-state index in [2.05, 4.69) is 15.3 Å². The zero-order chi connectivity index (χ0) is 18.6. The Balaban J connectivity index is 1.28. The largest absolute Gasteiger partial charge is 0.492 e. The standard InChI is InChI=1S/C20H21N3O3S/c1-13-4-2-5-14(10-13)25-9-8-21-17(24)11-26-19-18-15-6-3-7-16(15)27-20(18)23-12-22-19/h2,4-5,10,12H,3,6-9,11H2,1H3,(H,21,24). The maximum atomic E-state index is 12.1. The van der Waals surface area contributed by atoms with Crippen LogP contribution in [0.15, 0.2) is 30.6 Å². The van der Waals surface area contributed by atoms with Crippen LogP contribution in [-0.2, 0) is 17.6 Å². The van der Waals surface area contributed by atoms with Gasteiger partial charge in [0, 0.05) is 4.88 Å². The summed E-state index contributed by atoms with van der Waals surface area (Å²) in [6, 6.07) is 7.82. The van der Waals surface area contributed by atoms with E-state index in [1.165, 1.54) is 16.8 Å². The quantitative estimate of drug-likeness (QED) is 0.635. The van der Waals surface area contributed by atoms with E-state index in [9.17, 15) is 4.79 Å². The van der Waals surface area contributed by atoms with Gasteiger partial charge < -0.3 is 14.8 Å². The minimum atomic E-state index is -0.193. The number of nitrogens with zero attached hydrogens (tertiary/aromatic N) is 2. The Kier molecular flexibility index (Phi) is 5.20. The van der Waals surface area contributed by atoms with E-state index in [0.29, 0.717) is 19.0 Å². The molecule has 0 saturated carbocycles. The number of carbonyl (C=O) groups excluding carboxylic acids is 1. The number of fused-ring (bicyclic) bond motifs is 3. The van der Waals surface area contributed by atoms with Crippen LogP contribution in [0.25, 0.3) is 10.2 Å². The molecule has 2 aromatic heterocycles. The lowest BCUT2D eigenvalue weighted by atomic mass is 10.2. The first-order chi connectivity index (χ1) is 13.2. The highest BCUT2D eigenvalue weighted by Gasteiger charge is 2.22. The third-order valence-corrected chi connectivity index (χ3v) is 5.69. The van der Waals surface area contributed by atoms with Crippen molar-refractivity contribution in [1.29, 1.82) is 0 Å². The van der Waals surface area contributed by atoms with Gasteiger partial charge in [-0.3, -0.25) is 4.79 Å². The van der Waals surface area contributed by atoms with Crippen molar-refractivity contribution in [2.45, 2.75) is 26.2 Å². The molecule has 2 heterocycles. The molecule has 1 aliphatic rings. The van der Waals surface area contributed by atoms with Crippen molar-refractivity contribution in [3.8, 4) is 11.6 Å². The average Bonchev–Trinajstić information content (AvgIpc) is 3.24. The zero-order valence-corrected chi connectivity index (χ0v) is 16.0. The highest BCUT2D eigenvalue weighted by Crippen LogP contribution is 2.39. The number of ether oxygens (including phenoxy) is 2. The Labute approximate surface area is 161 Å². The Bertz CT molecular complexity index is 970. The Morgan fingerprint density at radius 2 is 2.19 bits per heavy atom. The van der Waals surface area contributed by atoms with E-state index in [4.69, 9.17) is 9.47 Å². The fourth-order valence-electron chi connectivity index (χ4n) is 3.26. The molecule has 0 radical (unpaired) electrons. The van der Waals surface area contributed by atoms with E-state index in [1.807, 2.05) is 31.2 Å². The summed E-state index contributed by atoms with van der Waals surface area (Å²) in [6.45, 7) is 2.77. The van der Waals surface area contributed by atoms with Gasteiger partial charge in [0.1, 0.15) is 23.5 Å². The summed E-state index contributed by atoms with van der Waals surface area (Å²) >= 11 is 1.70. The van der Waals surface area contributed by atoms with Crippen LogP contribution < -0.4 is 14.8 Å². The molecule has 27 heavy (non-hydrogen) atoms. The Hall–Kier alpha value is -2.67. The first-order valence-electron chi connectivity index (χ1n) is 9.05. The smallest absolute Gasteiger partial charge is 0.258 e. The first kappa shape index (κ1) is 17.7. The molecule has 0 fully saturated rings. The summed E-state index contributed by atoms with van der Waals surface area (Å²) < 4.78 is 11.3. The molecule has 1 amide bonds. The molecule has 3 aromatic rings. The lowest BCUT2D eigenvalue weighted by Gasteiger charge is -2.09. The SMILES string of the molecule is Cc1cccc(OCCNC(=O)COc2ncnc3sc4c(c23)CCC4)c1. The number of aromatic nitrogens is 2. The topological polar surface area (TPSA) is 73.3 Å². The normalized spacial score (nSPS) is 12.8. The van der Waals surface area contributed by atoms with Crippen LogP contribution in [0.2, 0.25) is 0 Å². The molecule has 0 unspecified atom stereocenters. The number of hydrogen-bond acceptors (Lipinski definition) is 6. The van der Waals surface area contributed by atoms with Crippen LogP contribution in [0, 0.1) is 6.92 Å². The predicted molar refractivity (Wildman–Crippen MR) is 105 cm³/mol. The molecule has 0 spiro atoms. The van der Waals surface area contributed by atoms with E-state index < -0.39 is 0 Å². The number of carbonyl (C=O) groups is 1. The van der Waals surface area contributed by atoms with Crippen LogP contribution >= 0.6 is 11.3 Å². The Morgan fingerprint density at radius 1 is 1.26 bits per heavy atom. The van der Waals surface area contributed by atoms with E-state index in [0.717, 1.165) is 40.8 Å². The van der Waals surface area contributed by atoms with Crippen LogP contribution in [0.1, 0.15) is 22.4 Å². The molecule has 1 N–H and O–H groups in total. The van der Waals surface area contributed by atoms with Crippen molar-refractivity contribution in [2.75, 3.05) is 19.8 Å². The summed E-state index contributed by atoms with van der Waals surface area (Å²) in [5, 5.41) is 3.78. The number of aryl methyl sites for hydroxylation is 3. The van der Waals surface area contributed by atoms with Gasteiger partial charge in [0.25, 0.3) is 5.91 Å². The fourth-order valence-corrected chi connectivity index (χ4v) is 4.48. The summed E-state index contributed by atoms with van der Waals surface area (Å²) in [5.74, 6) is 1.11. The minimum absolute atomic E-state index is 0.0683. The molecule has 6 nitrogen and oxygen atoms in total. The molecular formula is C20H21N3O3S. The number of thiophene rings is 1. The third kappa shape index (κ3) is 4.03. The lowest BCUT2D eigenvalue weighted by Crippen LogP contribution is -2.32. The molecule has 140 valence electrons. The number of nitrogens with one attached hydrogen (secondary N) is 1. The maximum Gasteiger partial charge on any atom is 0.258 e. The molecule has 1 aromatic carbocycles. The van der Waals surface area contributed by atoms with Crippen LogP contribution in [0.5, 0.6) is 11.6 Å². The summed E-state index contributed by atoms with van der Waals surface area (Å²) in [4.78, 5) is 22.9. The molecule has 0 saturated heterocycles. The fraction of sp³-hybridized carbons (Fsp3) is 0.350. The van der Waals surface area contributed by atoms with Gasteiger partial charge in [-0.15, -0.1) is 11.3 Å². The molecule has 1 aliphatic carbocycles. The minimum Gasteiger partial charge on any atom is -0.492 e. The van der Waals surface area contributed by atoms with Gasteiger partial charge in [0.05, 0.1) is 11.9 Å². The van der Waals surface area contributed by atoms with Gasteiger partial charge in [-0.05, 0) is 49.4 Å². The van der Waals surface area contributed by atoms with Crippen molar-refractivity contribution in [3.63, 3.8) is 0 Å².